The first kappa shape index (κ1) is 15.1. The summed E-state index contributed by atoms with van der Waals surface area (Å²) in [6, 6.07) is 6.98. The van der Waals surface area contributed by atoms with E-state index in [-0.39, 0.29) is 5.82 Å². The van der Waals surface area contributed by atoms with Crippen molar-refractivity contribution in [3.63, 3.8) is 0 Å². The number of hydrogen-bond donors (Lipinski definition) is 1. The first-order valence-electron chi connectivity index (χ1n) is 6.27. The van der Waals surface area contributed by atoms with Crippen molar-refractivity contribution < 1.29 is 13.9 Å². The van der Waals surface area contributed by atoms with Crippen LogP contribution in [-0.2, 0) is 15.9 Å². The van der Waals surface area contributed by atoms with E-state index in [1.54, 1.807) is 7.11 Å². The molecule has 1 rings (SSSR count). The molecule has 1 aromatic carbocycles. The highest BCUT2D eigenvalue weighted by molar-refractivity contribution is 5.16. The van der Waals surface area contributed by atoms with E-state index in [2.05, 4.69) is 12.2 Å². The Labute approximate surface area is 108 Å². The zero-order valence-electron chi connectivity index (χ0n) is 11.1. The van der Waals surface area contributed by atoms with Gasteiger partial charge in [-0.1, -0.05) is 12.1 Å². The van der Waals surface area contributed by atoms with E-state index in [4.69, 9.17) is 9.47 Å². The van der Waals surface area contributed by atoms with E-state index in [0.29, 0.717) is 25.9 Å². The van der Waals surface area contributed by atoms with Crippen LogP contribution in [0.15, 0.2) is 24.3 Å². The van der Waals surface area contributed by atoms with Gasteiger partial charge in [-0.05, 0) is 31.0 Å². The Morgan fingerprint density at radius 1 is 1.17 bits per heavy atom. The number of nitrogens with one attached hydrogen (secondary N) is 1. The monoisotopic (exact) mass is 255 g/mol. The highest BCUT2D eigenvalue weighted by Gasteiger charge is 2.02. The summed E-state index contributed by atoms with van der Waals surface area (Å²) in [6.07, 6.45) is 0.887. The van der Waals surface area contributed by atoms with Gasteiger partial charge in [0.1, 0.15) is 5.82 Å². The molecule has 0 fully saturated rings. The Kier molecular flexibility index (Phi) is 7.57. The summed E-state index contributed by atoms with van der Waals surface area (Å²) in [6.45, 7) is 4.86. The van der Waals surface area contributed by atoms with Crippen LogP contribution in [0.3, 0.4) is 0 Å². The smallest absolute Gasteiger partial charge is 0.123 e. The molecule has 3 nitrogen and oxygen atoms in total. The third-order valence-corrected chi connectivity index (χ3v) is 2.63. The molecule has 0 aromatic heterocycles. The minimum absolute atomic E-state index is 0.189. The van der Waals surface area contributed by atoms with Crippen LogP contribution in [0.5, 0.6) is 0 Å². The maximum absolute atomic E-state index is 12.7. The first-order chi connectivity index (χ1) is 8.72. The highest BCUT2D eigenvalue weighted by atomic mass is 19.1. The molecule has 0 saturated heterocycles. The SMILES string of the molecule is COCCOCCNC(C)Cc1ccc(F)cc1. The fourth-order valence-corrected chi connectivity index (χ4v) is 1.67. The summed E-state index contributed by atoms with van der Waals surface area (Å²) in [4.78, 5) is 0. The first-order valence-corrected chi connectivity index (χ1v) is 6.27. The number of methoxy groups -OCH3 is 1. The average molecular weight is 255 g/mol. The van der Waals surface area contributed by atoms with Gasteiger partial charge in [-0.15, -0.1) is 0 Å². The standard InChI is InChI=1S/C14H22FNO2/c1-12(16-7-8-18-10-9-17-2)11-13-3-5-14(15)6-4-13/h3-6,12,16H,7-11H2,1-2H3. The summed E-state index contributed by atoms with van der Waals surface area (Å²) >= 11 is 0. The van der Waals surface area contributed by atoms with Gasteiger partial charge >= 0.3 is 0 Å². The van der Waals surface area contributed by atoms with Crippen molar-refractivity contribution in [1.29, 1.82) is 0 Å². The summed E-state index contributed by atoms with van der Waals surface area (Å²) in [7, 11) is 1.66. The minimum atomic E-state index is -0.189. The second kappa shape index (κ2) is 9.03. The molecule has 0 heterocycles. The van der Waals surface area contributed by atoms with Gasteiger partial charge in [0.2, 0.25) is 0 Å². The topological polar surface area (TPSA) is 30.5 Å². The molecule has 0 aliphatic heterocycles. The molecular weight excluding hydrogens is 233 g/mol. The molecule has 4 heteroatoms. The predicted molar refractivity (Wildman–Crippen MR) is 70.3 cm³/mol. The predicted octanol–water partition coefficient (Wildman–Crippen LogP) is 2.01. The molecule has 0 amide bonds. The second-order valence-corrected chi connectivity index (χ2v) is 4.29. The number of halogens is 1. The van der Waals surface area contributed by atoms with Crippen LogP contribution in [0, 0.1) is 5.82 Å². The lowest BCUT2D eigenvalue weighted by atomic mass is 10.1. The third kappa shape index (κ3) is 6.69. The maximum Gasteiger partial charge on any atom is 0.123 e. The van der Waals surface area contributed by atoms with Gasteiger partial charge in [0.25, 0.3) is 0 Å². The molecule has 0 radical (unpaired) electrons. The summed E-state index contributed by atoms with van der Waals surface area (Å²) in [5.74, 6) is -0.189. The molecule has 102 valence electrons. The van der Waals surface area contributed by atoms with Crippen molar-refractivity contribution in [2.24, 2.45) is 0 Å². The second-order valence-electron chi connectivity index (χ2n) is 4.29. The molecular formula is C14H22FNO2. The number of rotatable bonds is 9. The van der Waals surface area contributed by atoms with Gasteiger partial charge < -0.3 is 14.8 Å². The third-order valence-electron chi connectivity index (χ3n) is 2.63. The maximum atomic E-state index is 12.7. The Morgan fingerprint density at radius 3 is 2.56 bits per heavy atom. The lowest BCUT2D eigenvalue weighted by Crippen LogP contribution is -2.31. The van der Waals surface area contributed by atoms with E-state index in [1.165, 1.54) is 12.1 Å². The largest absolute Gasteiger partial charge is 0.382 e. The zero-order valence-corrected chi connectivity index (χ0v) is 11.1. The summed E-state index contributed by atoms with van der Waals surface area (Å²) in [5.41, 5.74) is 1.14. The molecule has 0 aliphatic carbocycles. The molecule has 0 aliphatic rings. The summed E-state index contributed by atoms with van der Waals surface area (Å²) < 4.78 is 23.0. The normalized spacial score (nSPS) is 12.6. The zero-order chi connectivity index (χ0) is 13.2. The van der Waals surface area contributed by atoms with Gasteiger partial charge in [-0.2, -0.15) is 0 Å². The Bertz CT molecular complexity index is 316. The lowest BCUT2D eigenvalue weighted by molar-refractivity contribution is 0.0712. The number of benzene rings is 1. The van der Waals surface area contributed by atoms with E-state index in [1.807, 2.05) is 12.1 Å². The van der Waals surface area contributed by atoms with Crippen molar-refractivity contribution in [2.75, 3.05) is 33.5 Å². The van der Waals surface area contributed by atoms with Crippen molar-refractivity contribution in [3.05, 3.63) is 35.6 Å². The molecule has 1 N–H and O–H groups in total. The molecule has 1 aromatic rings. The van der Waals surface area contributed by atoms with Crippen LogP contribution in [-0.4, -0.2) is 39.5 Å². The molecule has 0 spiro atoms. The molecule has 0 saturated carbocycles. The van der Waals surface area contributed by atoms with Crippen LogP contribution in [0.2, 0.25) is 0 Å². The van der Waals surface area contributed by atoms with Gasteiger partial charge in [-0.25, -0.2) is 4.39 Å². The van der Waals surface area contributed by atoms with Crippen LogP contribution >= 0.6 is 0 Å². The van der Waals surface area contributed by atoms with E-state index < -0.39 is 0 Å². The average Bonchev–Trinajstić information content (AvgIpc) is 2.36. The number of hydrogen-bond acceptors (Lipinski definition) is 3. The van der Waals surface area contributed by atoms with Crippen LogP contribution < -0.4 is 5.32 Å². The van der Waals surface area contributed by atoms with E-state index in [0.717, 1.165) is 18.5 Å². The van der Waals surface area contributed by atoms with Gasteiger partial charge in [0, 0.05) is 19.7 Å². The fraction of sp³-hybridized carbons (Fsp3) is 0.571. The van der Waals surface area contributed by atoms with Crippen molar-refractivity contribution in [2.45, 2.75) is 19.4 Å². The Morgan fingerprint density at radius 2 is 1.89 bits per heavy atom. The highest BCUT2D eigenvalue weighted by Crippen LogP contribution is 2.05. The van der Waals surface area contributed by atoms with E-state index in [9.17, 15) is 4.39 Å². The quantitative estimate of drug-likeness (QED) is 0.685. The minimum Gasteiger partial charge on any atom is -0.382 e. The van der Waals surface area contributed by atoms with Gasteiger partial charge in [0.05, 0.1) is 19.8 Å². The van der Waals surface area contributed by atoms with E-state index >= 15 is 0 Å². The summed E-state index contributed by atoms with van der Waals surface area (Å²) in [5, 5.41) is 3.36. The fourth-order valence-electron chi connectivity index (χ4n) is 1.67. The van der Waals surface area contributed by atoms with Crippen molar-refractivity contribution in [1.82, 2.24) is 5.32 Å². The van der Waals surface area contributed by atoms with Gasteiger partial charge in [-0.3, -0.25) is 0 Å². The van der Waals surface area contributed by atoms with Crippen LogP contribution in [0.1, 0.15) is 12.5 Å². The molecule has 1 atom stereocenters. The van der Waals surface area contributed by atoms with Crippen LogP contribution in [0.25, 0.3) is 0 Å². The molecule has 0 bridgehead atoms. The molecule has 1 unspecified atom stereocenters. The van der Waals surface area contributed by atoms with Crippen molar-refractivity contribution in [3.8, 4) is 0 Å². The van der Waals surface area contributed by atoms with Crippen LogP contribution in [0.4, 0.5) is 4.39 Å². The van der Waals surface area contributed by atoms with Crippen molar-refractivity contribution >= 4 is 0 Å². The lowest BCUT2D eigenvalue weighted by Gasteiger charge is -2.14. The molecule has 18 heavy (non-hydrogen) atoms. The van der Waals surface area contributed by atoms with Gasteiger partial charge in [0.15, 0.2) is 0 Å². The Balaban J connectivity index is 2.10. The Hall–Kier alpha value is -0.970. The number of ether oxygens (including phenoxy) is 2.